The van der Waals surface area contributed by atoms with Crippen molar-refractivity contribution in [3.05, 3.63) is 90.2 Å². The highest BCUT2D eigenvalue weighted by Gasteiger charge is 2.33. The normalized spacial score (nSPS) is 12.7. The van der Waals surface area contributed by atoms with Crippen molar-refractivity contribution in [2.75, 3.05) is 18.0 Å². The smallest absolute Gasteiger partial charge is 0.264 e. The number of hydrogen-bond donors (Lipinski definition) is 1. The Bertz CT molecular complexity index is 1380. The minimum Gasteiger partial charge on any atom is -0.497 e. The van der Waals surface area contributed by atoms with Crippen LogP contribution in [-0.4, -0.2) is 50.9 Å². The molecule has 0 fully saturated rings. The summed E-state index contributed by atoms with van der Waals surface area (Å²) in [4.78, 5) is 28.1. The third-order valence-corrected chi connectivity index (χ3v) is 8.16. The summed E-state index contributed by atoms with van der Waals surface area (Å²) in [5.74, 6) is -1.29. The monoisotopic (exact) mass is 555 g/mol. The molecule has 0 unspecified atom stereocenters. The predicted molar refractivity (Wildman–Crippen MR) is 148 cm³/mol. The van der Waals surface area contributed by atoms with Crippen molar-refractivity contribution in [2.24, 2.45) is 0 Å². The van der Waals surface area contributed by atoms with E-state index in [1.54, 1.807) is 49.4 Å². The first-order valence-corrected chi connectivity index (χ1v) is 14.1. The maximum Gasteiger partial charge on any atom is 0.264 e. The van der Waals surface area contributed by atoms with E-state index < -0.39 is 34.3 Å². The maximum absolute atomic E-state index is 14.9. The van der Waals surface area contributed by atoms with Gasteiger partial charge in [-0.3, -0.25) is 13.9 Å². The van der Waals surface area contributed by atoms with Gasteiger partial charge >= 0.3 is 0 Å². The molecule has 0 aromatic heterocycles. The first-order valence-electron chi connectivity index (χ1n) is 12.6. The molecule has 0 saturated heterocycles. The zero-order valence-corrected chi connectivity index (χ0v) is 23.3. The van der Waals surface area contributed by atoms with Crippen LogP contribution in [0.5, 0.6) is 5.75 Å². The summed E-state index contributed by atoms with van der Waals surface area (Å²) >= 11 is 0. The Labute approximate surface area is 229 Å². The third-order valence-electron chi connectivity index (χ3n) is 6.39. The summed E-state index contributed by atoms with van der Waals surface area (Å²) in [6.45, 7) is 4.64. The molecule has 0 spiro atoms. The van der Waals surface area contributed by atoms with Gasteiger partial charge in [-0.1, -0.05) is 49.4 Å². The second kappa shape index (κ2) is 13.2. The fraction of sp³-hybridized carbons (Fsp3) is 0.310. The van der Waals surface area contributed by atoms with Gasteiger partial charge in [-0.25, -0.2) is 12.8 Å². The minimum absolute atomic E-state index is 0.00161. The summed E-state index contributed by atoms with van der Waals surface area (Å²) < 4.78 is 48.3. The predicted octanol–water partition coefficient (Wildman–Crippen LogP) is 4.36. The highest BCUT2D eigenvalue weighted by molar-refractivity contribution is 7.92. The van der Waals surface area contributed by atoms with Crippen molar-refractivity contribution in [1.29, 1.82) is 0 Å². The average Bonchev–Trinajstić information content (AvgIpc) is 2.95. The van der Waals surface area contributed by atoms with Crippen molar-refractivity contribution < 1.29 is 27.1 Å². The first-order chi connectivity index (χ1) is 18.6. The van der Waals surface area contributed by atoms with Crippen LogP contribution in [0, 0.1) is 5.82 Å². The second-order valence-electron chi connectivity index (χ2n) is 9.14. The average molecular weight is 556 g/mol. The van der Waals surface area contributed by atoms with Gasteiger partial charge in [-0.05, 0) is 62.2 Å². The fourth-order valence-electron chi connectivity index (χ4n) is 3.90. The lowest BCUT2D eigenvalue weighted by Crippen LogP contribution is -2.52. The molecule has 2 amide bonds. The lowest BCUT2D eigenvalue weighted by molar-refractivity contribution is -0.139. The molecule has 39 heavy (non-hydrogen) atoms. The summed E-state index contributed by atoms with van der Waals surface area (Å²) in [5.41, 5.74) is 0.405. The van der Waals surface area contributed by atoms with Gasteiger partial charge in [0.15, 0.2) is 0 Å². The van der Waals surface area contributed by atoms with E-state index in [2.05, 4.69) is 5.32 Å². The molecule has 208 valence electrons. The van der Waals surface area contributed by atoms with E-state index in [0.717, 1.165) is 10.4 Å². The number of benzene rings is 3. The minimum atomic E-state index is -4.33. The number of amides is 2. The van der Waals surface area contributed by atoms with Crippen LogP contribution in [0.2, 0.25) is 0 Å². The van der Waals surface area contributed by atoms with E-state index in [0.29, 0.717) is 17.7 Å². The van der Waals surface area contributed by atoms with E-state index >= 15 is 0 Å². The molecule has 3 rings (SSSR count). The number of nitrogens with zero attached hydrogens (tertiary/aromatic N) is 2. The number of nitrogens with one attached hydrogen (secondary N) is 1. The van der Waals surface area contributed by atoms with Gasteiger partial charge in [0.1, 0.15) is 24.2 Å². The summed E-state index contributed by atoms with van der Waals surface area (Å²) in [7, 11) is -2.81. The number of carbonyl (C=O) groups excluding carboxylic acids is 2. The molecule has 3 aromatic rings. The van der Waals surface area contributed by atoms with Crippen LogP contribution < -0.4 is 14.4 Å². The van der Waals surface area contributed by atoms with Crippen LogP contribution in [0.4, 0.5) is 10.1 Å². The van der Waals surface area contributed by atoms with Gasteiger partial charge in [-0.2, -0.15) is 0 Å². The lowest BCUT2D eigenvalue weighted by Gasteiger charge is -2.32. The number of anilines is 1. The molecule has 0 aliphatic rings. The number of rotatable bonds is 12. The molecule has 0 radical (unpaired) electrons. The maximum atomic E-state index is 14.9. The topological polar surface area (TPSA) is 96.0 Å². The van der Waals surface area contributed by atoms with Crippen molar-refractivity contribution in [1.82, 2.24) is 10.2 Å². The number of para-hydroxylation sites is 1. The SMILES string of the molecule is CC[C@H](C)NC(=O)[C@@H](C)N(Cc1cccc(OC)c1)C(=O)CN(c1ccccc1F)S(=O)(=O)c1ccccc1. The van der Waals surface area contributed by atoms with Crippen molar-refractivity contribution in [2.45, 2.75) is 50.7 Å². The Morgan fingerprint density at radius 2 is 1.64 bits per heavy atom. The second-order valence-corrected chi connectivity index (χ2v) is 11.0. The Hall–Kier alpha value is -3.92. The number of sulfonamides is 1. The van der Waals surface area contributed by atoms with Gasteiger partial charge in [0.25, 0.3) is 10.0 Å². The van der Waals surface area contributed by atoms with Gasteiger partial charge in [0, 0.05) is 12.6 Å². The van der Waals surface area contributed by atoms with Crippen LogP contribution in [0.1, 0.15) is 32.8 Å². The van der Waals surface area contributed by atoms with Gasteiger partial charge < -0.3 is 15.0 Å². The van der Waals surface area contributed by atoms with E-state index in [9.17, 15) is 22.4 Å². The molecular weight excluding hydrogens is 521 g/mol. The Morgan fingerprint density at radius 3 is 2.28 bits per heavy atom. The van der Waals surface area contributed by atoms with E-state index in [1.165, 1.54) is 42.3 Å². The molecule has 0 aliphatic heterocycles. The molecule has 10 heteroatoms. The Kier molecular flexibility index (Phi) is 10.1. The highest BCUT2D eigenvalue weighted by atomic mass is 32.2. The number of ether oxygens (including phenoxy) is 1. The molecule has 0 aliphatic carbocycles. The molecule has 0 bridgehead atoms. The molecular formula is C29H34FN3O5S. The summed E-state index contributed by atoms with van der Waals surface area (Å²) in [5, 5.41) is 2.87. The third kappa shape index (κ3) is 7.35. The van der Waals surface area contributed by atoms with E-state index in [-0.39, 0.29) is 29.1 Å². The van der Waals surface area contributed by atoms with Gasteiger partial charge in [0.05, 0.1) is 17.7 Å². The van der Waals surface area contributed by atoms with Crippen LogP contribution in [0.15, 0.2) is 83.8 Å². The van der Waals surface area contributed by atoms with Crippen LogP contribution in [0.25, 0.3) is 0 Å². The molecule has 2 atom stereocenters. The first kappa shape index (κ1) is 29.6. The Morgan fingerprint density at radius 1 is 0.974 bits per heavy atom. The van der Waals surface area contributed by atoms with Crippen LogP contribution in [-0.2, 0) is 26.2 Å². The van der Waals surface area contributed by atoms with Crippen molar-refractivity contribution in [3.63, 3.8) is 0 Å². The van der Waals surface area contributed by atoms with Crippen LogP contribution >= 0.6 is 0 Å². The van der Waals surface area contributed by atoms with Crippen molar-refractivity contribution in [3.8, 4) is 5.75 Å². The number of methoxy groups -OCH3 is 1. The van der Waals surface area contributed by atoms with Crippen molar-refractivity contribution >= 4 is 27.5 Å². The molecule has 8 nitrogen and oxygen atoms in total. The molecule has 0 saturated carbocycles. The van der Waals surface area contributed by atoms with E-state index in [1.807, 2.05) is 13.8 Å². The van der Waals surface area contributed by atoms with Crippen LogP contribution in [0.3, 0.4) is 0 Å². The quantitative estimate of drug-likeness (QED) is 0.358. The molecule has 0 heterocycles. The van der Waals surface area contributed by atoms with Gasteiger partial charge in [0.2, 0.25) is 11.8 Å². The zero-order valence-electron chi connectivity index (χ0n) is 22.5. The zero-order chi connectivity index (χ0) is 28.6. The highest BCUT2D eigenvalue weighted by Crippen LogP contribution is 2.27. The number of carbonyl (C=O) groups is 2. The standard InChI is InChI=1S/C29H34FN3O5S/c1-5-21(2)31-29(35)22(3)32(19-23-12-11-13-24(18-23)38-4)28(34)20-33(27-17-10-9-16-26(27)30)39(36,37)25-14-7-6-8-15-25/h6-18,21-22H,5,19-20H2,1-4H3,(H,31,35)/t21-,22+/m0/s1. The molecule has 3 aromatic carbocycles. The largest absolute Gasteiger partial charge is 0.497 e. The number of hydrogen-bond acceptors (Lipinski definition) is 5. The summed E-state index contributed by atoms with van der Waals surface area (Å²) in [6.07, 6.45) is 0.693. The lowest BCUT2D eigenvalue weighted by atomic mass is 10.1. The summed E-state index contributed by atoms with van der Waals surface area (Å²) in [6, 6.07) is 18.8. The van der Waals surface area contributed by atoms with E-state index in [4.69, 9.17) is 4.74 Å². The fourth-order valence-corrected chi connectivity index (χ4v) is 5.35. The van der Waals surface area contributed by atoms with Gasteiger partial charge in [-0.15, -0.1) is 0 Å². The number of halogens is 1. The molecule has 1 N–H and O–H groups in total. The Balaban J connectivity index is 2.03.